The molecule has 0 aliphatic carbocycles. The lowest BCUT2D eigenvalue weighted by Crippen LogP contribution is -2.30. The monoisotopic (exact) mass is 519 g/mol. The zero-order valence-electron chi connectivity index (χ0n) is 19.3. The summed E-state index contributed by atoms with van der Waals surface area (Å²) in [5.74, 6) is 0.816. The molecule has 4 rings (SSSR count). The Labute approximate surface area is 205 Å². The average molecular weight is 520 g/mol. The fourth-order valence-corrected chi connectivity index (χ4v) is 4.33. The van der Waals surface area contributed by atoms with Crippen molar-refractivity contribution >= 4 is 38.1 Å². The third kappa shape index (κ3) is 5.38. The van der Waals surface area contributed by atoms with Crippen LogP contribution in [0.25, 0.3) is 11.0 Å². The number of H-pyrrole nitrogens is 1. The molecular weight excluding hydrogens is 495 g/mol. The first-order valence-electron chi connectivity index (χ1n) is 11.2. The van der Waals surface area contributed by atoms with Crippen LogP contribution in [0.15, 0.2) is 65.6 Å². The highest BCUT2D eigenvalue weighted by Crippen LogP contribution is 2.31. The van der Waals surface area contributed by atoms with Crippen LogP contribution in [0, 0.1) is 0 Å². The maximum absolute atomic E-state index is 12.8. The molecule has 2 aromatic heterocycles. The van der Waals surface area contributed by atoms with Gasteiger partial charge in [-0.25, -0.2) is 4.98 Å². The molecule has 0 saturated heterocycles. The van der Waals surface area contributed by atoms with Crippen molar-refractivity contribution in [3.8, 4) is 0 Å². The van der Waals surface area contributed by atoms with Crippen molar-refractivity contribution < 1.29 is 21.6 Å². The van der Waals surface area contributed by atoms with Gasteiger partial charge < -0.3 is 14.9 Å². The van der Waals surface area contributed by atoms with Gasteiger partial charge in [-0.1, -0.05) is 37.6 Å². The van der Waals surface area contributed by atoms with Gasteiger partial charge in [0.05, 0.1) is 16.9 Å². The maximum atomic E-state index is 12.8. The maximum Gasteiger partial charge on any atom is 0.516 e. The summed E-state index contributed by atoms with van der Waals surface area (Å²) in [5.41, 5.74) is -3.19. The molecule has 0 unspecified atom stereocenters. The van der Waals surface area contributed by atoms with Gasteiger partial charge in [0, 0.05) is 24.8 Å². The predicted octanol–water partition coefficient (Wildman–Crippen LogP) is 5.12. The number of alkyl halides is 3. The summed E-state index contributed by atoms with van der Waals surface area (Å²) < 4.78 is 64.9. The van der Waals surface area contributed by atoms with Gasteiger partial charge in [-0.05, 0) is 42.3 Å². The Morgan fingerprint density at radius 3 is 2.39 bits per heavy atom. The summed E-state index contributed by atoms with van der Waals surface area (Å²) in [7, 11) is -5.56. The Kier molecular flexibility index (Phi) is 7.07. The van der Waals surface area contributed by atoms with Crippen molar-refractivity contribution in [1.82, 2.24) is 14.5 Å². The Morgan fingerprint density at radius 1 is 1.03 bits per heavy atom. The molecule has 0 atom stereocenters. The lowest BCUT2D eigenvalue weighted by atomic mass is 10.2. The molecule has 190 valence electrons. The Hall–Kier alpha value is -3.80. The number of halogens is 3. The molecule has 12 heteroatoms. The van der Waals surface area contributed by atoms with Gasteiger partial charge in [0.1, 0.15) is 11.3 Å². The van der Waals surface area contributed by atoms with Crippen LogP contribution >= 0.6 is 0 Å². The molecule has 0 aliphatic heterocycles. The van der Waals surface area contributed by atoms with Crippen molar-refractivity contribution in [2.45, 2.75) is 38.2 Å². The van der Waals surface area contributed by atoms with E-state index in [4.69, 9.17) is 0 Å². The molecule has 0 spiro atoms. The number of aromatic amines is 1. The van der Waals surface area contributed by atoms with Crippen LogP contribution in [0.2, 0.25) is 0 Å². The minimum atomic E-state index is -5.56. The third-order valence-electron chi connectivity index (χ3n) is 5.55. The molecule has 8 nitrogen and oxygen atoms in total. The molecule has 36 heavy (non-hydrogen) atoms. The molecule has 4 aromatic rings. The number of sulfonamides is 1. The van der Waals surface area contributed by atoms with E-state index in [2.05, 4.69) is 22.2 Å². The number of fused-ring (bicyclic) bond motifs is 1. The van der Waals surface area contributed by atoms with E-state index in [0.717, 1.165) is 30.7 Å². The van der Waals surface area contributed by atoms with Crippen molar-refractivity contribution in [2.24, 2.45) is 0 Å². The van der Waals surface area contributed by atoms with E-state index < -0.39 is 15.5 Å². The molecule has 0 amide bonds. The molecule has 0 fully saturated rings. The van der Waals surface area contributed by atoms with Crippen LogP contribution in [-0.4, -0.2) is 28.5 Å². The number of hydrogen-bond donors (Lipinski definition) is 3. The minimum absolute atomic E-state index is 0.159. The largest absolute Gasteiger partial charge is 0.516 e. The standard InChI is InChI=1S/C24H24F3N5O3S/c1-2-3-8-21-30-20-13-14-28-23(33)22(20)32(21)15-16-9-11-17(12-10-16)29-18-6-4-5-7-19(18)31-36(34,35)24(25,26)27/h4-7,9-14,29,31H,2-3,8,15H2,1H3,(H,28,33). The van der Waals surface area contributed by atoms with Crippen LogP contribution in [0.5, 0.6) is 0 Å². The molecule has 0 radical (unpaired) electrons. The summed E-state index contributed by atoms with van der Waals surface area (Å²) in [4.78, 5) is 19.8. The van der Waals surface area contributed by atoms with Crippen LogP contribution in [0.1, 0.15) is 31.2 Å². The van der Waals surface area contributed by atoms with Gasteiger partial charge in [-0.3, -0.25) is 9.52 Å². The van der Waals surface area contributed by atoms with Crippen molar-refractivity contribution in [2.75, 3.05) is 10.0 Å². The molecule has 0 saturated carbocycles. The predicted molar refractivity (Wildman–Crippen MR) is 133 cm³/mol. The van der Waals surface area contributed by atoms with E-state index in [1.807, 2.05) is 16.7 Å². The van der Waals surface area contributed by atoms with E-state index >= 15 is 0 Å². The number of nitrogens with one attached hydrogen (secondary N) is 3. The van der Waals surface area contributed by atoms with Crippen LogP contribution in [0.4, 0.5) is 30.2 Å². The highest BCUT2D eigenvalue weighted by Gasteiger charge is 2.46. The number of pyridine rings is 1. The molecular formula is C24H24F3N5O3S. The van der Waals surface area contributed by atoms with Crippen molar-refractivity contribution in [1.29, 1.82) is 0 Å². The van der Waals surface area contributed by atoms with Gasteiger partial charge >= 0.3 is 15.5 Å². The average Bonchev–Trinajstić information content (AvgIpc) is 3.17. The summed E-state index contributed by atoms with van der Waals surface area (Å²) in [6, 6.07) is 14.5. The van der Waals surface area contributed by atoms with Gasteiger partial charge in [0.2, 0.25) is 0 Å². The summed E-state index contributed by atoms with van der Waals surface area (Å²) in [6.07, 6.45) is 4.22. The lowest BCUT2D eigenvalue weighted by molar-refractivity contribution is -0.0429. The van der Waals surface area contributed by atoms with E-state index in [9.17, 15) is 26.4 Å². The molecule has 3 N–H and O–H groups in total. The lowest BCUT2D eigenvalue weighted by Gasteiger charge is -2.15. The molecule has 0 aliphatic rings. The first-order valence-corrected chi connectivity index (χ1v) is 12.7. The highest BCUT2D eigenvalue weighted by atomic mass is 32.2. The van der Waals surface area contributed by atoms with E-state index in [1.54, 1.807) is 35.2 Å². The number of nitrogens with zero attached hydrogens (tertiary/aromatic N) is 2. The number of anilines is 3. The normalized spacial score (nSPS) is 12.1. The smallest absolute Gasteiger partial charge is 0.354 e. The number of aryl methyl sites for hydroxylation is 1. The van der Waals surface area contributed by atoms with Gasteiger partial charge in [0.25, 0.3) is 5.56 Å². The van der Waals surface area contributed by atoms with Crippen LogP contribution in [0.3, 0.4) is 0 Å². The van der Waals surface area contributed by atoms with Gasteiger partial charge in [-0.15, -0.1) is 0 Å². The SMILES string of the molecule is CCCCc1nc2cc[nH]c(=O)c2n1Cc1ccc(Nc2ccccc2NS(=O)(=O)C(F)(F)F)cc1. The quantitative estimate of drug-likeness (QED) is 0.284. The van der Waals surface area contributed by atoms with E-state index in [-0.39, 0.29) is 16.9 Å². The number of benzene rings is 2. The summed E-state index contributed by atoms with van der Waals surface area (Å²) >= 11 is 0. The van der Waals surface area contributed by atoms with E-state index in [0.29, 0.717) is 23.3 Å². The topological polar surface area (TPSA) is 109 Å². The Bertz CT molecular complexity index is 1530. The minimum Gasteiger partial charge on any atom is -0.354 e. The zero-order valence-corrected chi connectivity index (χ0v) is 20.1. The second kappa shape index (κ2) is 10.1. The summed E-state index contributed by atoms with van der Waals surface area (Å²) in [5, 5.41) is 2.94. The summed E-state index contributed by atoms with van der Waals surface area (Å²) in [6.45, 7) is 2.49. The van der Waals surface area contributed by atoms with Crippen LogP contribution in [-0.2, 0) is 23.0 Å². The Balaban J connectivity index is 1.57. The second-order valence-electron chi connectivity index (χ2n) is 8.18. The number of aromatic nitrogens is 3. The van der Waals surface area contributed by atoms with Crippen LogP contribution < -0.4 is 15.6 Å². The highest BCUT2D eigenvalue weighted by molar-refractivity contribution is 7.93. The number of hydrogen-bond acceptors (Lipinski definition) is 5. The number of para-hydroxylation sites is 2. The third-order valence-corrected chi connectivity index (χ3v) is 6.65. The fraction of sp³-hybridized carbons (Fsp3) is 0.250. The molecule has 0 bridgehead atoms. The Morgan fingerprint density at radius 2 is 1.72 bits per heavy atom. The second-order valence-corrected chi connectivity index (χ2v) is 9.85. The first kappa shape index (κ1) is 25.3. The molecule has 2 heterocycles. The number of unbranched alkanes of at least 4 members (excludes halogenated alkanes) is 1. The number of rotatable bonds is 9. The van der Waals surface area contributed by atoms with Gasteiger partial charge in [-0.2, -0.15) is 21.6 Å². The fourth-order valence-electron chi connectivity index (χ4n) is 3.75. The molecule has 2 aromatic carbocycles. The van der Waals surface area contributed by atoms with Crippen molar-refractivity contribution in [3.05, 3.63) is 82.5 Å². The van der Waals surface area contributed by atoms with Gasteiger partial charge in [0.15, 0.2) is 0 Å². The van der Waals surface area contributed by atoms with Crippen molar-refractivity contribution in [3.63, 3.8) is 0 Å². The van der Waals surface area contributed by atoms with E-state index in [1.165, 1.54) is 18.2 Å². The zero-order chi connectivity index (χ0) is 25.9. The number of imidazole rings is 1. The first-order chi connectivity index (χ1) is 17.1.